The van der Waals surface area contributed by atoms with Crippen LogP contribution < -0.4 is 15.2 Å². The van der Waals surface area contributed by atoms with E-state index < -0.39 is 0 Å². The summed E-state index contributed by atoms with van der Waals surface area (Å²) in [5.74, 6) is 1.52. The molecule has 0 radical (unpaired) electrons. The highest BCUT2D eigenvalue weighted by Gasteiger charge is 2.07. The second-order valence-corrected chi connectivity index (χ2v) is 5.55. The molecular weight excluding hydrogens is 342 g/mol. The van der Waals surface area contributed by atoms with Crippen molar-refractivity contribution in [2.75, 3.05) is 7.11 Å². The van der Waals surface area contributed by atoms with E-state index in [9.17, 15) is 0 Å². The smallest absolute Gasteiger partial charge is 0.125 e. The number of hydrogen-bond acceptors (Lipinski definition) is 3. The number of benzene rings is 2. The van der Waals surface area contributed by atoms with Gasteiger partial charge >= 0.3 is 0 Å². The lowest BCUT2D eigenvalue weighted by molar-refractivity contribution is 0.294. The quantitative estimate of drug-likeness (QED) is 0.875. The van der Waals surface area contributed by atoms with Gasteiger partial charge in [-0.2, -0.15) is 0 Å². The molecule has 0 saturated heterocycles. The van der Waals surface area contributed by atoms with Crippen molar-refractivity contribution in [1.82, 2.24) is 0 Å². The first-order valence-electron chi connectivity index (χ1n) is 6.07. The summed E-state index contributed by atoms with van der Waals surface area (Å²) in [5, 5.41) is 0.651. The van der Waals surface area contributed by atoms with Crippen LogP contribution in [0.15, 0.2) is 40.9 Å². The minimum Gasteiger partial charge on any atom is -0.496 e. The lowest BCUT2D eigenvalue weighted by Gasteiger charge is -2.13. The van der Waals surface area contributed by atoms with E-state index in [0.29, 0.717) is 18.2 Å². The Balaban J connectivity index is 2.18. The molecule has 0 aliphatic carbocycles. The minimum absolute atomic E-state index is 0.380. The molecule has 0 aromatic heterocycles. The van der Waals surface area contributed by atoms with Gasteiger partial charge in [0.2, 0.25) is 0 Å². The Morgan fingerprint density at radius 1 is 1.10 bits per heavy atom. The highest BCUT2D eigenvalue weighted by molar-refractivity contribution is 9.10. The molecule has 0 fully saturated rings. The number of ether oxygens (including phenoxy) is 2. The first kappa shape index (κ1) is 15.2. The Labute approximate surface area is 131 Å². The number of methoxy groups -OCH3 is 1. The lowest BCUT2D eigenvalue weighted by atomic mass is 10.2. The zero-order valence-electron chi connectivity index (χ0n) is 11.0. The lowest BCUT2D eigenvalue weighted by Crippen LogP contribution is -2.04. The normalized spacial score (nSPS) is 10.4. The summed E-state index contributed by atoms with van der Waals surface area (Å²) in [7, 11) is 1.64. The first-order chi connectivity index (χ1) is 9.63. The van der Waals surface area contributed by atoms with Gasteiger partial charge in [-0.25, -0.2) is 0 Å². The van der Waals surface area contributed by atoms with Gasteiger partial charge in [-0.15, -0.1) is 0 Å². The standard InChI is InChI=1S/C15H15BrClNO2/c1-19-14-4-2-12(16)6-11(14)9-20-15-5-3-13(17)7-10(15)8-18/h2-7H,8-9,18H2,1H3. The number of hydrogen-bond donors (Lipinski definition) is 1. The maximum atomic E-state index is 5.94. The van der Waals surface area contributed by atoms with Gasteiger partial charge in [0, 0.05) is 27.2 Å². The average Bonchev–Trinajstić information content (AvgIpc) is 2.46. The van der Waals surface area contributed by atoms with E-state index in [1.54, 1.807) is 13.2 Å². The zero-order valence-corrected chi connectivity index (χ0v) is 13.4. The number of rotatable bonds is 5. The van der Waals surface area contributed by atoms with Crippen molar-refractivity contribution in [2.45, 2.75) is 13.2 Å². The van der Waals surface area contributed by atoms with Crippen LogP contribution in [-0.4, -0.2) is 7.11 Å². The predicted octanol–water partition coefficient (Wildman–Crippen LogP) is 4.15. The molecule has 20 heavy (non-hydrogen) atoms. The monoisotopic (exact) mass is 355 g/mol. The van der Waals surface area contributed by atoms with E-state index in [1.807, 2.05) is 30.3 Å². The maximum absolute atomic E-state index is 5.94. The SMILES string of the molecule is COc1ccc(Br)cc1COc1ccc(Cl)cc1CN. The van der Waals surface area contributed by atoms with Gasteiger partial charge < -0.3 is 15.2 Å². The summed E-state index contributed by atoms with van der Waals surface area (Å²) in [6.07, 6.45) is 0. The molecule has 0 spiro atoms. The second-order valence-electron chi connectivity index (χ2n) is 4.20. The van der Waals surface area contributed by atoms with Crippen LogP contribution in [0, 0.1) is 0 Å². The Bertz CT molecular complexity index is 604. The van der Waals surface area contributed by atoms with Gasteiger partial charge in [0.25, 0.3) is 0 Å². The van der Waals surface area contributed by atoms with E-state index in [4.69, 9.17) is 26.8 Å². The fourth-order valence-electron chi connectivity index (χ4n) is 1.86. The molecule has 2 aromatic rings. The summed E-state index contributed by atoms with van der Waals surface area (Å²) in [4.78, 5) is 0. The molecule has 0 amide bonds. The molecule has 0 bridgehead atoms. The van der Waals surface area contributed by atoms with Crippen molar-refractivity contribution in [1.29, 1.82) is 0 Å². The Kier molecular flexibility index (Phi) is 5.29. The number of halogens is 2. The highest BCUT2D eigenvalue weighted by atomic mass is 79.9. The third-order valence-electron chi connectivity index (χ3n) is 2.87. The maximum Gasteiger partial charge on any atom is 0.125 e. The molecular formula is C15H15BrClNO2. The topological polar surface area (TPSA) is 44.5 Å². The summed E-state index contributed by atoms with van der Waals surface area (Å²) in [6, 6.07) is 11.2. The minimum atomic E-state index is 0.380. The van der Waals surface area contributed by atoms with Crippen LogP contribution in [0.3, 0.4) is 0 Å². The molecule has 0 heterocycles. The molecule has 3 nitrogen and oxygen atoms in total. The van der Waals surface area contributed by atoms with Crippen molar-refractivity contribution >= 4 is 27.5 Å². The molecule has 0 aliphatic rings. The van der Waals surface area contributed by atoms with Gasteiger partial charge in [-0.3, -0.25) is 0 Å². The van der Waals surface area contributed by atoms with Crippen LogP contribution in [0.1, 0.15) is 11.1 Å². The van der Waals surface area contributed by atoms with Gasteiger partial charge in [0.15, 0.2) is 0 Å². The van der Waals surface area contributed by atoms with Crippen molar-refractivity contribution in [3.63, 3.8) is 0 Å². The Morgan fingerprint density at radius 3 is 2.55 bits per heavy atom. The van der Waals surface area contributed by atoms with E-state index >= 15 is 0 Å². The fourth-order valence-corrected chi connectivity index (χ4v) is 2.47. The first-order valence-corrected chi connectivity index (χ1v) is 7.25. The second kappa shape index (κ2) is 6.97. The van der Waals surface area contributed by atoms with Crippen molar-refractivity contribution in [3.8, 4) is 11.5 Å². The molecule has 2 aromatic carbocycles. The fraction of sp³-hybridized carbons (Fsp3) is 0.200. The van der Waals surface area contributed by atoms with Crippen molar-refractivity contribution in [2.24, 2.45) is 5.73 Å². The molecule has 0 saturated carbocycles. The Morgan fingerprint density at radius 2 is 1.85 bits per heavy atom. The molecule has 5 heteroatoms. The Hall–Kier alpha value is -1.23. The van der Waals surface area contributed by atoms with Crippen LogP contribution in [0.5, 0.6) is 11.5 Å². The highest BCUT2D eigenvalue weighted by Crippen LogP contribution is 2.27. The summed E-state index contributed by atoms with van der Waals surface area (Å²) >= 11 is 9.38. The third-order valence-corrected chi connectivity index (χ3v) is 3.60. The van der Waals surface area contributed by atoms with Crippen LogP contribution in [0.25, 0.3) is 0 Å². The zero-order chi connectivity index (χ0) is 14.5. The van der Waals surface area contributed by atoms with Crippen LogP contribution in [0.2, 0.25) is 5.02 Å². The molecule has 0 aliphatic heterocycles. The van der Waals surface area contributed by atoms with Crippen LogP contribution >= 0.6 is 27.5 Å². The van der Waals surface area contributed by atoms with Crippen LogP contribution in [0.4, 0.5) is 0 Å². The molecule has 2 N–H and O–H groups in total. The van der Waals surface area contributed by atoms with Crippen molar-refractivity contribution in [3.05, 3.63) is 57.0 Å². The van der Waals surface area contributed by atoms with Crippen LogP contribution in [-0.2, 0) is 13.2 Å². The average molecular weight is 357 g/mol. The van der Waals surface area contributed by atoms with Gasteiger partial charge in [0.05, 0.1) is 7.11 Å². The van der Waals surface area contributed by atoms with Crippen molar-refractivity contribution < 1.29 is 9.47 Å². The van der Waals surface area contributed by atoms with Gasteiger partial charge in [-0.1, -0.05) is 27.5 Å². The van der Waals surface area contributed by atoms with E-state index in [1.165, 1.54) is 0 Å². The summed E-state index contributed by atoms with van der Waals surface area (Å²) in [5.41, 5.74) is 7.54. The van der Waals surface area contributed by atoms with E-state index in [-0.39, 0.29) is 0 Å². The van der Waals surface area contributed by atoms with E-state index in [0.717, 1.165) is 27.1 Å². The summed E-state index contributed by atoms with van der Waals surface area (Å²) < 4.78 is 12.1. The molecule has 0 unspecified atom stereocenters. The molecule has 106 valence electrons. The van der Waals surface area contributed by atoms with Gasteiger partial charge in [-0.05, 0) is 36.4 Å². The third kappa shape index (κ3) is 3.66. The predicted molar refractivity (Wildman–Crippen MR) is 84.4 cm³/mol. The number of nitrogens with two attached hydrogens (primary N) is 1. The molecule has 0 atom stereocenters. The molecule has 2 rings (SSSR count). The van der Waals surface area contributed by atoms with E-state index in [2.05, 4.69) is 15.9 Å². The van der Waals surface area contributed by atoms with Gasteiger partial charge in [0.1, 0.15) is 18.1 Å². The summed E-state index contributed by atoms with van der Waals surface area (Å²) in [6.45, 7) is 0.781. The largest absolute Gasteiger partial charge is 0.496 e.